The van der Waals surface area contributed by atoms with Crippen molar-refractivity contribution in [1.29, 1.82) is 0 Å². The summed E-state index contributed by atoms with van der Waals surface area (Å²) in [5.41, 5.74) is 1.70. The lowest BCUT2D eigenvalue weighted by Crippen LogP contribution is -2.27. The van der Waals surface area contributed by atoms with Crippen molar-refractivity contribution in [2.45, 2.75) is 13.8 Å². The Bertz CT molecular complexity index is 1170. The van der Waals surface area contributed by atoms with Gasteiger partial charge < -0.3 is 19.2 Å². The number of methoxy groups -OCH3 is 1. The Morgan fingerprint density at radius 1 is 1.13 bits per heavy atom. The Morgan fingerprint density at radius 3 is 2.60 bits per heavy atom. The van der Waals surface area contributed by atoms with Crippen molar-refractivity contribution >= 4 is 27.5 Å². The zero-order valence-corrected chi connectivity index (χ0v) is 17.7. The number of ether oxygens (including phenoxy) is 2. The van der Waals surface area contributed by atoms with Gasteiger partial charge >= 0.3 is 0 Å². The van der Waals surface area contributed by atoms with E-state index in [1.54, 1.807) is 19.4 Å². The number of carbonyl (C=O) groups is 1. The number of thiophene rings is 1. The maximum atomic E-state index is 12.7. The van der Waals surface area contributed by atoms with Gasteiger partial charge in [-0.25, -0.2) is 9.97 Å². The minimum absolute atomic E-state index is 0.146. The van der Waals surface area contributed by atoms with Crippen LogP contribution in [-0.4, -0.2) is 36.1 Å². The van der Waals surface area contributed by atoms with Gasteiger partial charge in [0.15, 0.2) is 11.6 Å². The number of fused-ring (bicyclic) bond motifs is 1. The van der Waals surface area contributed by atoms with Crippen LogP contribution in [0.5, 0.6) is 11.5 Å². The van der Waals surface area contributed by atoms with E-state index in [0.29, 0.717) is 29.6 Å². The Balaban J connectivity index is 1.43. The number of carbonyl (C=O) groups excluding carboxylic acids is 1. The van der Waals surface area contributed by atoms with E-state index in [1.807, 2.05) is 44.2 Å². The molecule has 0 unspecified atom stereocenters. The van der Waals surface area contributed by atoms with E-state index in [1.165, 1.54) is 11.3 Å². The number of rotatable bonds is 7. The molecule has 0 saturated heterocycles. The molecule has 4 aromatic rings. The fraction of sp³-hybridized carbons (Fsp3) is 0.227. The zero-order valence-electron chi connectivity index (χ0n) is 16.9. The molecule has 30 heavy (non-hydrogen) atoms. The molecule has 3 heterocycles. The molecule has 0 aliphatic carbocycles. The smallest absolute Gasteiger partial charge is 0.261 e. The molecule has 1 N–H and O–H groups in total. The molecule has 154 valence electrons. The van der Waals surface area contributed by atoms with Gasteiger partial charge in [0.25, 0.3) is 5.91 Å². The van der Waals surface area contributed by atoms with Gasteiger partial charge in [-0.05, 0) is 55.8 Å². The molecule has 1 aromatic carbocycles. The predicted octanol–water partition coefficient (Wildman–Crippen LogP) is 4.39. The largest absolute Gasteiger partial charge is 0.497 e. The lowest BCUT2D eigenvalue weighted by atomic mass is 10.1. The van der Waals surface area contributed by atoms with Gasteiger partial charge in [0.1, 0.15) is 22.9 Å². The summed E-state index contributed by atoms with van der Waals surface area (Å²) in [5.74, 6) is 2.47. The van der Waals surface area contributed by atoms with Gasteiger partial charge in [-0.3, -0.25) is 4.79 Å². The molecule has 8 heteroatoms. The molecule has 7 nitrogen and oxygen atoms in total. The van der Waals surface area contributed by atoms with Gasteiger partial charge in [-0.1, -0.05) is 0 Å². The van der Waals surface area contributed by atoms with Crippen LogP contribution in [0.15, 0.2) is 47.1 Å². The van der Waals surface area contributed by atoms with E-state index in [9.17, 15) is 4.79 Å². The minimum atomic E-state index is -0.146. The van der Waals surface area contributed by atoms with Gasteiger partial charge in [0.05, 0.1) is 30.5 Å². The molecule has 3 aromatic heterocycles. The van der Waals surface area contributed by atoms with Gasteiger partial charge in [-0.2, -0.15) is 0 Å². The highest BCUT2D eigenvalue weighted by atomic mass is 32.1. The Labute approximate surface area is 177 Å². The summed E-state index contributed by atoms with van der Waals surface area (Å²) in [6.07, 6.45) is 1.59. The third kappa shape index (κ3) is 3.99. The summed E-state index contributed by atoms with van der Waals surface area (Å²) in [5, 5.41) is 3.82. The molecular formula is C22H21N3O4S. The highest BCUT2D eigenvalue weighted by Gasteiger charge is 2.20. The summed E-state index contributed by atoms with van der Waals surface area (Å²) in [6.45, 7) is 4.59. The number of nitrogens with one attached hydrogen (secondary N) is 1. The second-order valence-corrected chi connectivity index (χ2v) is 7.63. The van der Waals surface area contributed by atoms with Crippen molar-refractivity contribution in [2.24, 2.45) is 0 Å². The maximum Gasteiger partial charge on any atom is 0.261 e. The summed E-state index contributed by atoms with van der Waals surface area (Å²) in [6, 6.07) is 10.9. The van der Waals surface area contributed by atoms with Crippen molar-refractivity contribution in [3.63, 3.8) is 0 Å². The molecular weight excluding hydrogens is 402 g/mol. The Morgan fingerprint density at radius 2 is 1.90 bits per heavy atom. The third-order valence-electron chi connectivity index (χ3n) is 4.63. The second kappa shape index (κ2) is 8.54. The van der Waals surface area contributed by atoms with Crippen molar-refractivity contribution in [3.8, 4) is 23.1 Å². The molecule has 0 spiro atoms. The molecule has 0 aliphatic rings. The number of furan rings is 1. The number of hydrogen-bond donors (Lipinski definition) is 1. The zero-order chi connectivity index (χ0) is 21.1. The van der Waals surface area contributed by atoms with Crippen LogP contribution in [0, 0.1) is 13.8 Å². The van der Waals surface area contributed by atoms with Crippen LogP contribution in [0.25, 0.3) is 21.8 Å². The van der Waals surface area contributed by atoms with Gasteiger partial charge in [0.2, 0.25) is 0 Å². The summed E-state index contributed by atoms with van der Waals surface area (Å²) >= 11 is 1.36. The van der Waals surface area contributed by atoms with Crippen molar-refractivity contribution in [1.82, 2.24) is 15.3 Å². The van der Waals surface area contributed by atoms with Crippen LogP contribution in [-0.2, 0) is 0 Å². The Hall–Kier alpha value is -3.39. The number of hydrogen-bond acceptors (Lipinski definition) is 7. The van der Waals surface area contributed by atoms with Gasteiger partial charge in [0, 0.05) is 5.39 Å². The monoisotopic (exact) mass is 423 g/mol. The Kier molecular flexibility index (Phi) is 5.67. The number of aryl methyl sites for hydroxylation is 2. The maximum absolute atomic E-state index is 12.7. The first kappa shape index (κ1) is 19.9. The molecule has 0 atom stereocenters. The standard InChI is InChI=1S/C22H21N3O4S/c1-13-18-14(2)24-20(17-5-4-11-29-17)25-22(18)30-19(13)21(26)23-10-12-28-16-8-6-15(27-3)7-9-16/h4-9,11H,10,12H2,1-3H3,(H,23,26). The fourth-order valence-electron chi connectivity index (χ4n) is 3.16. The van der Waals surface area contributed by atoms with Crippen LogP contribution in [0.2, 0.25) is 0 Å². The van der Waals surface area contributed by atoms with E-state index < -0.39 is 0 Å². The number of aromatic nitrogens is 2. The first-order chi connectivity index (χ1) is 14.6. The first-order valence-corrected chi connectivity index (χ1v) is 10.2. The van der Waals surface area contributed by atoms with Crippen LogP contribution in [0.3, 0.4) is 0 Å². The lowest BCUT2D eigenvalue weighted by molar-refractivity contribution is 0.0950. The van der Waals surface area contributed by atoms with Crippen LogP contribution >= 0.6 is 11.3 Å². The van der Waals surface area contributed by atoms with E-state index >= 15 is 0 Å². The summed E-state index contributed by atoms with van der Waals surface area (Å²) in [4.78, 5) is 23.2. The second-order valence-electron chi connectivity index (χ2n) is 6.63. The topological polar surface area (TPSA) is 86.5 Å². The van der Waals surface area contributed by atoms with Crippen molar-refractivity contribution in [2.75, 3.05) is 20.3 Å². The van der Waals surface area contributed by atoms with Gasteiger partial charge in [-0.15, -0.1) is 11.3 Å². The molecule has 4 rings (SSSR count). The number of amides is 1. The molecule has 0 saturated carbocycles. The predicted molar refractivity (Wildman–Crippen MR) is 115 cm³/mol. The van der Waals surface area contributed by atoms with Crippen molar-refractivity contribution in [3.05, 3.63) is 58.8 Å². The number of nitrogens with zero attached hydrogens (tertiary/aromatic N) is 2. The van der Waals surface area contributed by atoms with E-state index in [-0.39, 0.29) is 5.91 Å². The summed E-state index contributed by atoms with van der Waals surface area (Å²) < 4.78 is 16.2. The molecule has 0 aliphatic heterocycles. The molecule has 0 bridgehead atoms. The SMILES string of the molecule is COc1ccc(OCCNC(=O)c2sc3nc(-c4ccco4)nc(C)c3c2C)cc1. The average Bonchev–Trinajstić information content (AvgIpc) is 3.40. The highest BCUT2D eigenvalue weighted by molar-refractivity contribution is 7.20. The molecule has 0 radical (unpaired) electrons. The third-order valence-corrected chi connectivity index (χ3v) is 5.82. The lowest BCUT2D eigenvalue weighted by Gasteiger charge is -2.08. The minimum Gasteiger partial charge on any atom is -0.497 e. The first-order valence-electron chi connectivity index (χ1n) is 9.43. The average molecular weight is 423 g/mol. The van der Waals surface area contributed by atoms with E-state index in [4.69, 9.17) is 13.9 Å². The van der Waals surface area contributed by atoms with Crippen LogP contribution in [0.1, 0.15) is 20.9 Å². The van der Waals surface area contributed by atoms with Crippen molar-refractivity contribution < 1.29 is 18.7 Å². The van der Waals surface area contributed by atoms with E-state index in [2.05, 4.69) is 15.3 Å². The normalized spacial score (nSPS) is 10.9. The van der Waals surface area contributed by atoms with E-state index in [0.717, 1.165) is 33.0 Å². The summed E-state index contributed by atoms with van der Waals surface area (Å²) in [7, 11) is 1.62. The quantitative estimate of drug-likeness (QED) is 0.444. The molecule has 0 fully saturated rings. The number of benzene rings is 1. The highest BCUT2D eigenvalue weighted by Crippen LogP contribution is 2.32. The van der Waals surface area contributed by atoms with Crippen LogP contribution in [0.4, 0.5) is 0 Å². The van der Waals surface area contributed by atoms with Crippen LogP contribution < -0.4 is 14.8 Å². The molecule has 1 amide bonds. The fourth-order valence-corrected chi connectivity index (χ4v) is 4.31.